The molecule has 3 rings (SSSR count). The molecule has 2 aromatic carbocycles. The van der Waals surface area contributed by atoms with Gasteiger partial charge in [0.05, 0.1) is 11.8 Å². The number of benzene rings is 2. The van der Waals surface area contributed by atoms with Gasteiger partial charge in [0.2, 0.25) is 10.0 Å². The number of nitrogens with one attached hydrogen (secondary N) is 1. The summed E-state index contributed by atoms with van der Waals surface area (Å²) in [6.07, 6.45) is 2.95. The number of rotatable bonds is 6. The monoisotopic (exact) mass is 400 g/mol. The van der Waals surface area contributed by atoms with E-state index in [9.17, 15) is 13.2 Å². The molecular weight excluding hydrogens is 372 g/mol. The first-order valence-corrected chi connectivity index (χ1v) is 11.4. The molecule has 0 saturated carbocycles. The molecule has 1 aliphatic rings. The molecule has 1 heterocycles. The van der Waals surface area contributed by atoms with Crippen molar-refractivity contribution in [2.75, 3.05) is 13.1 Å². The van der Waals surface area contributed by atoms with Crippen molar-refractivity contribution in [3.8, 4) is 0 Å². The van der Waals surface area contributed by atoms with Gasteiger partial charge in [-0.25, -0.2) is 12.7 Å². The van der Waals surface area contributed by atoms with E-state index in [0.29, 0.717) is 24.2 Å². The summed E-state index contributed by atoms with van der Waals surface area (Å²) in [5.41, 5.74) is 3.45. The quantitative estimate of drug-likeness (QED) is 0.802. The van der Waals surface area contributed by atoms with E-state index in [0.717, 1.165) is 24.8 Å². The highest BCUT2D eigenvalue weighted by atomic mass is 32.2. The fourth-order valence-electron chi connectivity index (χ4n) is 3.42. The van der Waals surface area contributed by atoms with Gasteiger partial charge >= 0.3 is 0 Å². The summed E-state index contributed by atoms with van der Waals surface area (Å²) in [5, 5.41) is 2.99. The maximum absolute atomic E-state index is 12.5. The van der Waals surface area contributed by atoms with E-state index in [1.54, 1.807) is 28.6 Å². The molecular formula is C22H28N2O3S. The van der Waals surface area contributed by atoms with Crippen LogP contribution in [0.2, 0.25) is 0 Å². The van der Waals surface area contributed by atoms with Crippen LogP contribution in [0.5, 0.6) is 0 Å². The van der Waals surface area contributed by atoms with Crippen LogP contribution in [-0.4, -0.2) is 31.7 Å². The van der Waals surface area contributed by atoms with E-state index in [-0.39, 0.29) is 17.7 Å². The van der Waals surface area contributed by atoms with E-state index in [1.807, 2.05) is 38.1 Å². The molecule has 6 heteroatoms. The topological polar surface area (TPSA) is 66.5 Å². The molecule has 0 unspecified atom stereocenters. The summed E-state index contributed by atoms with van der Waals surface area (Å²) in [5.74, 6) is -0.187. The number of aryl methyl sites for hydroxylation is 1. The SMILES string of the molecule is Cc1ccc([C@@H](C)NC(=O)c2ccc(CS(=O)(=O)N3CCCCC3)cc2)cc1. The molecule has 1 N–H and O–H groups in total. The molecule has 1 aliphatic heterocycles. The standard InChI is InChI=1S/C22H28N2O3S/c1-17-6-10-20(11-7-17)18(2)23-22(25)21-12-8-19(9-13-21)16-28(26,27)24-14-4-3-5-15-24/h6-13,18H,3-5,14-16H2,1-2H3,(H,23,25)/t18-/m1/s1. The number of carbonyl (C=O) groups excluding carboxylic acids is 1. The van der Waals surface area contributed by atoms with E-state index in [1.165, 1.54) is 5.56 Å². The first kappa shape index (κ1) is 20.6. The van der Waals surface area contributed by atoms with Crippen molar-refractivity contribution in [2.45, 2.75) is 44.9 Å². The maximum atomic E-state index is 12.5. The molecule has 0 aromatic heterocycles. The lowest BCUT2D eigenvalue weighted by Gasteiger charge is -2.25. The Labute approximate surface area is 167 Å². The van der Waals surface area contributed by atoms with Gasteiger partial charge in [0, 0.05) is 18.7 Å². The third-order valence-electron chi connectivity index (χ3n) is 5.20. The Morgan fingerprint density at radius 2 is 1.61 bits per heavy atom. The van der Waals surface area contributed by atoms with Crippen molar-refractivity contribution in [3.63, 3.8) is 0 Å². The van der Waals surface area contributed by atoms with Gasteiger partial charge in [0.1, 0.15) is 0 Å². The zero-order valence-electron chi connectivity index (χ0n) is 16.5. The van der Waals surface area contributed by atoms with E-state index >= 15 is 0 Å². The Balaban J connectivity index is 1.61. The van der Waals surface area contributed by atoms with Crippen LogP contribution in [0.1, 0.15) is 59.3 Å². The number of amides is 1. The number of nitrogens with zero attached hydrogens (tertiary/aromatic N) is 1. The molecule has 2 aromatic rings. The van der Waals surface area contributed by atoms with Crippen LogP contribution in [-0.2, 0) is 15.8 Å². The maximum Gasteiger partial charge on any atom is 0.251 e. The van der Waals surface area contributed by atoms with Crippen LogP contribution in [0.25, 0.3) is 0 Å². The Bertz CT molecular complexity index is 900. The summed E-state index contributed by atoms with van der Waals surface area (Å²) < 4.78 is 26.7. The van der Waals surface area contributed by atoms with Crippen molar-refractivity contribution < 1.29 is 13.2 Å². The number of sulfonamides is 1. The van der Waals surface area contributed by atoms with Crippen molar-refractivity contribution in [1.29, 1.82) is 0 Å². The van der Waals surface area contributed by atoms with Crippen LogP contribution in [0, 0.1) is 6.92 Å². The van der Waals surface area contributed by atoms with Crippen LogP contribution in [0.3, 0.4) is 0 Å². The predicted molar refractivity (Wildman–Crippen MR) is 112 cm³/mol. The van der Waals surface area contributed by atoms with Crippen LogP contribution in [0.4, 0.5) is 0 Å². The molecule has 0 spiro atoms. The molecule has 0 bridgehead atoms. The minimum atomic E-state index is -3.30. The van der Waals surface area contributed by atoms with Crippen molar-refractivity contribution in [1.82, 2.24) is 9.62 Å². The fraction of sp³-hybridized carbons (Fsp3) is 0.409. The molecule has 28 heavy (non-hydrogen) atoms. The molecule has 1 atom stereocenters. The Kier molecular flexibility index (Phi) is 6.52. The highest BCUT2D eigenvalue weighted by Gasteiger charge is 2.24. The molecule has 1 amide bonds. The molecule has 0 aliphatic carbocycles. The van der Waals surface area contributed by atoms with Gasteiger partial charge in [-0.15, -0.1) is 0 Å². The van der Waals surface area contributed by atoms with Crippen LogP contribution in [0.15, 0.2) is 48.5 Å². The summed E-state index contributed by atoms with van der Waals surface area (Å²) in [6.45, 7) is 5.20. The first-order valence-electron chi connectivity index (χ1n) is 9.79. The average molecular weight is 401 g/mol. The van der Waals surface area contributed by atoms with E-state index in [4.69, 9.17) is 0 Å². The smallest absolute Gasteiger partial charge is 0.251 e. The lowest BCUT2D eigenvalue weighted by atomic mass is 10.1. The average Bonchev–Trinajstić information content (AvgIpc) is 2.69. The fourth-order valence-corrected chi connectivity index (χ4v) is 5.03. The van der Waals surface area contributed by atoms with Crippen molar-refractivity contribution in [2.24, 2.45) is 0 Å². The highest BCUT2D eigenvalue weighted by Crippen LogP contribution is 2.18. The van der Waals surface area contributed by atoms with Gasteiger partial charge in [-0.1, -0.05) is 48.4 Å². The van der Waals surface area contributed by atoms with Gasteiger partial charge in [-0.2, -0.15) is 0 Å². The predicted octanol–water partition coefficient (Wildman–Crippen LogP) is 3.80. The second kappa shape index (κ2) is 8.88. The van der Waals surface area contributed by atoms with E-state index in [2.05, 4.69) is 5.32 Å². The number of carbonyl (C=O) groups is 1. The summed E-state index contributed by atoms with van der Waals surface area (Å²) >= 11 is 0. The molecule has 5 nitrogen and oxygen atoms in total. The normalized spacial score (nSPS) is 16.5. The zero-order valence-corrected chi connectivity index (χ0v) is 17.3. The molecule has 150 valence electrons. The van der Waals surface area contributed by atoms with Gasteiger partial charge in [-0.3, -0.25) is 4.79 Å². The minimum Gasteiger partial charge on any atom is -0.346 e. The van der Waals surface area contributed by atoms with Gasteiger partial charge in [0.15, 0.2) is 0 Å². The Hall–Kier alpha value is -2.18. The second-order valence-electron chi connectivity index (χ2n) is 7.52. The number of piperidine rings is 1. The molecule has 1 fully saturated rings. The zero-order chi connectivity index (χ0) is 20.1. The lowest BCUT2D eigenvalue weighted by Crippen LogP contribution is -2.36. The van der Waals surface area contributed by atoms with Crippen LogP contribution < -0.4 is 5.32 Å². The van der Waals surface area contributed by atoms with Gasteiger partial charge in [0.25, 0.3) is 5.91 Å². The van der Waals surface area contributed by atoms with Gasteiger partial charge < -0.3 is 5.32 Å². The summed E-state index contributed by atoms with van der Waals surface area (Å²) in [7, 11) is -3.30. The summed E-state index contributed by atoms with van der Waals surface area (Å²) in [4.78, 5) is 12.5. The largest absolute Gasteiger partial charge is 0.346 e. The second-order valence-corrected chi connectivity index (χ2v) is 9.49. The van der Waals surface area contributed by atoms with Crippen molar-refractivity contribution >= 4 is 15.9 Å². The third kappa shape index (κ3) is 5.20. The Morgan fingerprint density at radius 3 is 2.21 bits per heavy atom. The van der Waals surface area contributed by atoms with E-state index < -0.39 is 10.0 Å². The molecule has 1 saturated heterocycles. The third-order valence-corrected chi connectivity index (χ3v) is 7.05. The number of hydrogen-bond donors (Lipinski definition) is 1. The first-order chi connectivity index (χ1) is 13.3. The van der Waals surface area contributed by atoms with Crippen molar-refractivity contribution in [3.05, 3.63) is 70.8 Å². The molecule has 0 radical (unpaired) electrons. The summed E-state index contributed by atoms with van der Waals surface area (Å²) in [6, 6.07) is 14.8. The lowest BCUT2D eigenvalue weighted by molar-refractivity contribution is 0.0940. The highest BCUT2D eigenvalue weighted by molar-refractivity contribution is 7.88. The van der Waals surface area contributed by atoms with Crippen LogP contribution >= 0.6 is 0 Å². The minimum absolute atomic E-state index is 0.0192. The number of hydrogen-bond acceptors (Lipinski definition) is 3. The Morgan fingerprint density at radius 1 is 1.00 bits per heavy atom. The van der Waals surface area contributed by atoms with Gasteiger partial charge in [-0.05, 0) is 49.9 Å².